The first kappa shape index (κ1) is 19.0. The van der Waals surface area contributed by atoms with Gasteiger partial charge in [-0.3, -0.25) is 9.59 Å². The van der Waals surface area contributed by atoms with Gasteiger partial charge in [0, 0.05) is 11.4 Å². The van der Waals surface area contributed by atoms with Gasteiger partial charge in [0.2, 0.25) is 5.91 Å². The summed E-state index contributed by atoms with van der Waals surface area (Å²) in [6.45, 7) is 2.31. The van der Waals surface area contributed by atoms with Crippen molar-refractivity contribution < 1.29 is 13.6 Å². The Balaban J connectivity index is 1.72. The maximum atomic E-state index is 13.7. The molecule has 0 atom stereocenters. The molecule has 5 nitrogen and oxygen atoms in total. The number of aromatic amines is 1. The van der Waals surface area contributed by atoms with Gasteiger partial charge >= 0.3 is 0 Å². The number of hydrogen-bond donors (Lipinski definition) is 1. The molecule has 0 unspecified atom stereocenters. The van der Waals surface area contributed by atoms with Gasteiger partial charge in [-0.25, -0.2) is 13.8 Å². The standard InChI is InChI=1S/C19H17F2N3O2S/c1-2-24(18(25)11-27-16-9-12(20)7-8-14(16)21)10-17-22-15-6-4-3-5-13(15)19(26)23-17/h3-9H,2,10-11H2,1H3,(H,22,23,26). The minimum absolute atomic E-state index is 0.0496. The zero-order valence-corrected chi connectivity index (χ0v) is 15.4. The number of benzene rings is 2. The van der Waals surface area contributed by atoms with Crippen LogP contribution >= 0.6 is 11.8 Å². The number of hydrogen-bond acceptors (Lipinski definition) is 4. The maximum absolute atomic E-state index is 13.7. The molecule has 0 aliphatic heterocycles. The molecule has 0 saturated heterocycles. The Morgan fingerprint density at radius 2 is 2.00 bits per heavy atom. The molecule has 27 heavy (non-hydrogen) atoms. The van der Waals surface area contributed by atoms with Crippen molar-refractivity contribution in [2.24, 2.45) is 0 Å². The van der Waals surface area contributed by atoms with Gasteiger partial charge in [-0.15, -0.1) is 11.8 Å². The van der Waals surface area contributed by atoms with Gasteiger partial charge in [0.1, 0.15) is 17.5 Å². The summed E-state index contributed by atoms with van der Waals surface area (Å²) in [5.74, 6) is -1.07. The first-order valence-corrected chi connectivity index (χ1v) is 9.30. The van der Waals surface area contributed by atoms with Crippen LogP contribution in [-0.2, 0) is 11.3 Å². The summed E-state index contributed by atoms with van der Waals surface area (Å²) in [6.07, 6.45) is 0. The van der Waals surface area contributed by atoms with E-state index in [4.69, 9.17) is 0 Å². The fourth-order valence-electron chi connectivity index (χ4n) is 2.59. The molecule has 1 N–H and O–H groups in total. The second-order valence-corrected chi connectivity index (χ2v) is 6.82. The maximum Gasteiger partial charge on any atom is 0.258 e. The second kappa shape index (κ2) is 8.30. The monoisotopic (exact) mass is 389 g/mol. The zero-order chi connectivity index (χ0) is 19.4. The molecule has 8 heteroatoms. The summed E-state index contributed by atoms with van der Waals surface area (Å²) in [4.78, 5) is 33.3. The fraction of sp³-hybridized carbons (Fsp3) is 0.211. The summed E-state index contributed by atoms with van der Waals surface area (Å²) in [5, 5.41) is 0.479. The van der Waals surface area contributed by atoms with Crippen LogP contribution in [0.5, 0.6) is 0 Å². The minimum atomic E-state index is -0.572. The SMILES string of the molecule is CCN(Cc1nc2ccccc2c(=O)[nH]1)C(=O)CSc1cc(F)ccc1F. The number of H-pyrrole nitrogens is 1. The van der Waals surface area contributed by atoms with E-state index in [1.807, 2.05) is 0 Å². The number of amides is 1. The molecule has 0 radical (unpaired) electrons. The lowest BCUT2D eigenvalue weighted by atomic mass is 10.2. The largest absolute Gasteiger partial charge is 0.335 e. The van der Waals surface area contributed by atoms with Gasteiger partial charge in [0.15, 0.2) is 0 Å². The predicted molar refractivity (Wildman–Crippen MR) is 101 cm³/mol. The van der Waals surface area contributed by atoms with E-state index in [1.54, 1.807) is 31.2 Å². The number of fused-ring (bicyclic) bond motifs is 1. The molecular weight excluding hydrogens is 372 g/mol. The topological polar surface area (TPSA) is 66.1 Å². The lowest BCUT2D eigenvalue weighted by molar-refractivity contribution is -0.128. The Hall–Kier alpha value is -2.74. The van der Waals surface area contributed by atoms with E-state index in [9.17, 15) is 18.4 Å². The summed E-state index contributed by atoms with van der Waals surface area (Å²) in [5.41, 5.74) is 0.284. The average Bonchev–Trinajstić information content (AvgIpc) is 2.66. The first-order valence-electron chi connectivity index (χ1n) is 8.31. The van der Waals surface area contributed by atoms with E-state index < -0.39 is 11.6 Å². The number of rotatable bonds is 6. The Morgan fingerprint density at radius 1 is 1.22 bits per heavy atom. The normalized spacial score (nSPS) is 10.9. The lowest BCUT2D eigenvalue weighted by Gasteiger charge is -2.20. The van der Waals surface area contributed by atoms with E-state index in [1.165, 1.54) is 4.90 Å². The molecule has 0 fully saturated rings. The van der Waals surface area contributed by atoms with E-state index >= 15 is 0 Å². The third-order valence-electron chi connectivity index (χ3n) is 3.98. The number of carbonyl (C=O) groups excluding carboxylic acids is 1. The molecule has 2 aromatic carbocycles. The van der Waals surface area contributed by atoms with Gasteiger partial charge in [-0.2, -0.15) is 0 Å². The Labute approximate surface area is 158 Å². The first-order chi connectivity index (χ1) is 13.0. The van der Waals surface area contributed by atoms with Crippen molar-refractivity contribution in [1.82, 2.24) is 14.9 Å². The van der Waals surface area contributed by atoms with Gasteiger partial charge in [-0.1, -0.05) is 12.1 Å². The molecule has 3 rings (SSSR count). The molecular formula is C19H17F2N3O2S. The number of halogens is 2. The van der Waals surface area contributed by atoms with Crippen molar-refractivity contribution in [3.8, 4) is 0 Å². The van der Waals surface area contributed by atoms with Crippen molar-refractivity contribution in [3.63, 3.8) is 0 Å². The van der Waals surface area contributed by atoms with Crippen LogP contribution in [0.2, 0.25) is 0 Å². The van der Waals surface area contributed by atoms with Gasteiger partial charge in [-0.05, 0) is 37.3 Å². The molecule has 0 saturated carbocycles. The molecule has 0 spiro atoms. The summed E-state index contributed by atoms with van der Waals surface area (Å²) in [6, 6.07) is 10.1. The third kappa shape index (κ3) is 4.51. The molecule has 1 heterocycles. The van der Waals surface area contributed by atoms with E-state index in [-0.39, 0.29) is 28.7 Å². The highest BCUT2D eigenvalue weighted by Gasteiger charge is 2.16. The fourth-order valence-corrected chi connectivity index (χ4v) is 3.45. The molecule has 0 bridgehead atoms. The molecule has 1 amide bonds. The van der Waals surface area contributed by atoms with Gasteiger partial charge in [0.25, 0.3) is 5.56 Å². The van der Waals surface area contributed by atoms with Crippen molar-refractivity contribution in [2.45, 2.75) is 18.4 Å². The number of aromatic nitrogens is 2. The highest BCUT2D eigenvalue weighted by Crippen LogP contribution is 2.23. The van der Waals surface area contributed by atoms with Crippen LogP contribution in [0, 0.1) is 11.6 Å². The number of thioether (sulfide) groups is 1. The summed E-state index contributed by atoms with van der Waals surface area (Å²) >= 11 is 0.931. The van der Waals surface area contributed by atoms with Crippen molar-refractivity contribution in [1.29, 1.82) is 0 Å². The van der Waals surface area contributed by atoms with Gasteiger partial charge < -0.3 is 9.88 Å². The lowest BCUT2D eigenvalue weighted by Crippen LogP contribution is -2.33. The van der Waals surface area contributed by atoms with Crippen LogP contribution in [-0.4, -0.2) is 33.1 Å². The Kier molecular flexibility index (Phi) is 5.85. The Morgan fingerprint density at radius 3 is 2.78 bits per heavy atom. The van der Waals surface area contributed by atoms with Crippen LogP contribution in [0.25, 0.3) is 10.9 Å². The van der Waals surface area contributed by atoms with Crippen LogP contribution in [0.4, 0.5) is 8.78 Å². The molecule has 1 aromatic heterocycles. The van der Waals surface area contributed by atoms with Crippen LogP contribution in [0.15, 0.2) is 52.2 Å². The summed E-state index contributed by atoms with van der Waals surface area (Å²) < 4.78 is 26.9. The second-order valence-electron chi connectivity index (χ2n) is 5.80. The van der Waals surface area contributed by atoms with Crippen molar-refractivity contribution >= 4 is 28.6 Å². The predicted octanol–water partition coefficient (Wildman–Crippen LogP) is 3.34. The molecule has 0 aliphatic carbocycles. The highest BCUT2D eigenvalue weighted by molar-refractivity contribution is 8.00. The molecule has 0 aliphatic rings. The molecule has 140 valence electrons. The zero-order valence-electron chi connectivity index (χ0n) is 14.5. The number of nitrogens with zero attached hydrogens (tertiary/aromatic N) is 2. The summed E-state index contributed by atoms with van der Waals surface area (Å²) in [7, 11) is 0. The average molecular weight is 389 g/mol. The van der Waals surface area contributed by atoms with Gasteiger partial charge in [0.05, 0.1) is 23.2 Å². The van der Waals surface area contributed by atoms with Crippen LogP contribution in [0.1, 0.15) is 12.7 Å². The Bertz CT molecular complexity index is 1040. The van der Waals surface area contributed by atoms with Crippen molar-refractivity contribution in [3.05, 3.63) is 70.3 Å². The third-order valence-corrected chi connectivity index (χ3v) is 5.00. The van der Waals surface area contributed by atoms with E-state index in [2.05, 4.69) is 9.97 Å². The number of carbonyl (C=O) groups is 1. The minimum Gasteiger partial charge on any atom is -0.335 e. The van der Waals surface area contributed by atoms with Crippen LogP contribution in [0.3, 0.4) is 0 Å². The number of para-hydroxylation sites is 1. The quantitative estimate of drug-likeness (QED) is 0.657. The van der Waals surface area contributed by atoms with E-state index in [0.29, 0.717) is 23.3 Å². The van der Waals surface area contributed by atoms with Crippen molar-refractivity contribution in [2.75, 3.05) is 12.3 Å². The van der Waals surface area contributed by atoms with E-state index in [0.717, 1.165) is 30.0 Å². The smallest absolute Gasteiger partial charge is 0.258 e. The molecule has 3 aromatic rings. The van der Waals surface area contributed by atoms with Crippen LogP contribution < -0.4 is 5.56 Å². The number of nitrogens with one attached hydrogen (secondary N) is 1. The highest BCUT2D eigenvalue weighted by atomic mass is 32.2.